The van der Waals surface area contributed by atoms with Gasteiger partial charge in [0.1, 0.15) is 12.3 Å². The zero-order valence-electron chi connectivity index (χ0n) is 20.7. The quantitative estimate of drug-likeness (QED) is 0.223. The minimum atomic E-state index is -4.41. The summed E-state index contributed by atoms with van der Waals surface area (Å²) in [6, 6.07) is 12.3. The largest absolute Gasteiger partial charge is 0.506 e. The number of thioether (sulfide) groups is 1. The van der Waals surface area contributed by atoms with E-state index in [1.807, 2.05) is 18.4 Å². The number of fused-ring (bicyclic) bond motifs is 1. The fourth-order valence-corrected chi connectivity index (χ4v) is 4.92. The fourth-order valence-electron chi connectivity index (χ4n) is 4.48. The summed E-state index contributed by atoms with van der Waals surface area (Å²) in [4.78, 5) is 14.3. The van der Waals surface area contributed by atoms with Gasteiger partial charge >= 0.3 is 6.18 Å². The lowest BCUT2D eigenvalue weighted by atomic mass is 10.0. The van der Waals surface area contributed by atoms with Gasteiger partial charge in [-0.25, -0.2) is 0 Å². The molecule has 2 aromatic carbocycles. The third-order valence-corrected chi connectivity index (χ3v) is 7.10. The van der Waals surface area contributed by atoms with Crippen LogP contribution in [0.5, 0.6) is 5.75 Å². The van der Waals surface area contributed by atoms with E-state index >= 15 is 0 Å². The van der Waals surface area contributed by atoms with Gasteiger partial charge < -0.3 is 25.2 Å². The van der Waals surface area contributed by atoms with Crippen molar-refractivity contribution in [2.45, 2.75) is 43.4 Å². The smallest absolute Gasteiger partial charge is 0.406 e. The predicted molar refractivity (Wildman–Crippen MR) is 142 cm³/mol. The summed E-state index contributed by atoms with van der Waals surface area (Å²) in [5, 5.41) is 17.3. The van der Waals surface area contributed by atoms with Gasteiger partial charge in [-0.05, 0) is 61.4 Å². The number of rotatable bonds is 6. The molecular weight excluding hydrogens is 501 g/mol. The number of halogens is 3. The van der Waals surface area contributed by atoms with E-state index in [2.05, 4.69) is 22.5 Å². The molecule has 0 radical (unpaired) electrons. The summed E-state index contributed by atoms with van der Waals surface area (Å²) < 4.78 is 41.6. The third-order valence-electron chi connectivity index (χ3n) is 6.37. The highest BCUT2D eigenvalue weighted by atomic mass is 32.2. The minimum Gasteiger partial charge on any atom is -0.506 e. The Bertz CT molecular complexity index is 1340. The summed E-state index contributed by atoms with van der Waals surface area (Å²) >= 11 is 1.51. The highest BCUT2D eigenvalue weighted by Gasteiger charge is 2.30. The van der Waals surface area contributed by atoms with Crippen molar-refractivity contribution in [1.29, 1.82) is 0 Å². The van der Waals surface area contributed by atoms with Crippen LogP contribution < -0.4 is 10.6 Å². The number of piperidine rings is 1. The number of hydrogen-bond acceptors (Lipinski definition) is 5. The molecule has 1 aromatic heterocycles. The molecule has 1 fully saturated rings. The lowest BCUT2D eigenvalue weighted by Gasteiger charge is -2.32. The lowest BCUT2D eigenvalue weighted by molar-refractivity contribution is -0.140. The van der Waals surface area contributed by atoms with Crippen LogP contribution in [-0.4, -0.2) is 58.6 Å². The first-order chi connectivity index (χ1) is 17.6. The first kappa shape index (κ1) is 26.6. The molecule has 37 heavy (non-hydrogen) atoms. The molecule has 3 aromatic rings. The molecule has 0 saturated carbocycles. The summed E-state index contributed by atoms with van der Waals surface area (Å²) in [5.74, 6) is 5.90. The number of nitrogens with one attached hydrogen (secondary N) is 2. The zero-order valence-corrected chi connectivity index (χ0v) is 21.5. The lowest BCUT2D eigenvalue weighted by Crippen LogP contribution is -2.41. The number of benzene rings is 2. The van der Waals surface area contributed by atoms with Gasteiger partial charge in [0.2, 0.25) is 5.91 Å². The van der Waals surface area contributed by atoms with E-state index in [0.717, 1.165) is 23.4 Å². The predicted octanol–water partition coefficient (Wildman–Crippen LogP) is 5.52. The maximum Gasteiger partial charge on any atom is 0.406 e. The Morgan fingerprint density at radius 2 is 1.92 bits per heavy atom. The van der Waals surface area contributed by atoms with Crippen LogP contribution in [0.15, 0.2) is 47.4 Å². The van der Waals surface area contributed by atoms with Crippen LogP contribution in [0.4, 0.5) is 24.5 Å². The molecular formula is C27H29F3N4O2S. The molecule has 1 amide bonds. The second kappa shape index (κ2) is 11.3. The van der Waals surface area contributed by atoms with E-state index < -0.39 is 12.7 Å². The minimum absolute atomic E-state index is 0.0506. The third kappa shape index (κ3) is 6.66. The van der Waals surface area contributed by atoms with Gasteiger partial charge in [0.15, 0.2) is 0 Å². The number of aromatic nitrogens is 1. The molecule has 0 bridgehead atoms. The van der Waals surface area contributed by atoms with E-state index in [0.29, 0.717) is 29.7 Å². The van der Waals surface area contributed by atoms with Gasteiger partial charge in [-0.1, -0.05) is 12.0 Å². The maximum absolute atomic E-state index is 13.5. The van der Waals surface area contributed by atoms with Crippen molar-refractivity contribution in [3.63, 3.8) is 0 Å². The van der Waals surface area contributed by atoms with E-state index in [-0.39, 0.29) is 29.9 Å². The van der Waals surface area contributed by atoms with Crippen molar-refractivity contribution in [2.75, 3.05) is 36.5 Å². The molecule has 1 aliphatic rings. The number of nitrogens with zero attached hydrogens (tertiary/aromatic N) is 2. The summed E-state index contributed by atoms with van der Waals surface area (Å²) in [6.45, 7) is 1.86. The van der Waals surface area contributed by atoms with Gasteiger partial charge in [-0.2, -0.15) is 13.2 Å². The fraction of sp³-hybridized carbons (Fsp3) is 0.370. The van der Waals surface area contributed by atoms with Crippen molar-refractivity contribution in [2.24, 2.45) is 0 Å². The van der Waals surface area contributed by atoms with Crippen LogP contribution in [0.25, 0.3) is 10.9 Å². The highest BCUT2D eigenvalue weighted by Crippen LogP contribution is 2.31. The molecule has 10 heteroatoms. The number of likely N-dealkylation sites (tertiary alicyclic amines) is 1. The molecule has 196 valence electrons. The topological polar surface area (TPSA) is 69.5 Å². The second-order valence-corrected chi connectivity index (χ2v) is 9.81. The number of carbonyl (C=O) groups excluding carboxylic acids is 1. The summed E-state index contributed by atoms with van der Waals surface area (Å²) in [7, 11) is 0. The van der Waals surface area contributed by atoms with Crippen LogP contribution in [-0.2, 0) is 11.3 Å². The number of phenolic OH excluding ortho intramolecular Hbond substituents is 1. The van der Waals surface area contributed by atoms with Gasteiger partial charge in [0.05, 0.1) is 23.4 Å². The first-order valence-corrected chi connectivity index (χ1v) is 13.2. The number of hydrogen-bond donors (Lipinski definition) is 3. The van der Waals surface area contributed by atoms with E-state index in [9.17, 15) is 23.1 Å². The van der Waals surface area contributed by atoms with Gasteiger partial charge in [0, 0.05) is 42.0 Å². The SMILES string of the molecule is CSc1ccc(NCC#Cc2cc3c(NC4CCN(C(C)=O)CC4)cccc3n2CC(F)(F)F)c(O)c1. The molecule has 2 heterocycles. The van der Waals surface area contributed by atoms with Crippen molar-refractivity contribution in [1.82, 2.24) is 9.47 Å². The molecule has 0 atom stereocenters. The van der Waals surface area contributed by atoms with Crippen molar-refractivity contribution < 1.29 is 23.1 Å². The maximum atomic E-state index is 13.5. The molecule has 4 rings (SSSR count). The average Bonchev–Trinajstić information content (AvgIpc) is 3.19. The summed E-state index contributed by atoms with van der Waals surface area (Å²) in [6.07, 6.45) is -0.968. The number of carbonyl (C=O) groups is 1. The number of amides is 1. The molecule has 0 spiro atoms. The van der Waals surface area contributed by atoms with Crippen molar-refractivity contribution in [3.8, 4) is 17.6 Å². The monoisotopic (exact) mass is 530 g/mol. The Balaban J connectivity index is 1.56. The van der Waals surface area contributed by atoms with Crippen LogP contribution >= 0.6 is 11.8 Å². The van der Waals surface area contributed by atoms with Gasteiger partial charge in [-0.3, -0.25) is 4.79 Å². The second-order valence-electron chi connectivity index (χ2n) is 8.93. The molecule has 1 saturated heterocycles. The van der Waals surface area contributed by atoms with Crippen LogP contribution in [0.3, 0.4) is 0 Å². The zero-order chi connectivity index (χ0) is 26.6. The molecule has 0 unspecified atom stereocenters. The molecule has 3 N–H and O–H groups in total. The standard InChI is InChI=1S/C27H29F3N4O2S/c1-18(35)33-13-10-19(11-14-33)32-23-6-3-7-25-22(23)15-20(34(25)17-27(28,29)30)5-4-12-31-24-9-8-21(37-2)16-26(24)36/h3,6-9,15-16,19,31-32,36H,10-14,17H2,1-2H3. The summed E-state index contributed by atoms with van der Waals surface area (Å²) in [5.41, 5.74) is 1.97. The van der Waals surface area contributed by atoms with Crippen LogP contribution in [0.1, 0.15) is 25.5 Å². The van der Waals surface area contributed by atoms with Crippen LogP contribution in [0.2, 0.25) is 0 Å². The Hall–Kier alpha value is -3.45. The van der Waals surface area contributed by atoms with Crippen LogP contribution in [0, 0.1) is 11.8 Å². The average molecular weight is 531 g/mol. The highest BCUT2D eigenvalue weighted by molar-refractivity contribution is 7.98. The Morgan fingerprint density at radius 1 is 1.16 bits per heavy atom. The first-order valence-electron chi connectivity index (χ1n) is 12.0. The number of aromatic hydroxyl groups is 1. The van der Waals surface area contributed by atoms with E-state index in [4.69, 9.17) is 0 Å². The molecule has 0 aliphatic carbocycles. The van der Waals surface area contributed by atoms with E-state index in [1.54, 1.807) is 42.2 Å². The number of phenols is 1. The Kier molecular flexibility index (Phi) is 8.13. The molecule has 1 aliphatic heterocycles. The van der Waals surface area contributed by atoms with Gasteiger partial charge in [0.25, 0.3) is 0 Å². The van der Waals surface area contributed by atoms with E-state index in [1.165, 1.54) is 16.3 Å². The van der Waals surface area contributed by atoms with Gasteiger partial charge in [-0.15, -0.1) is 11.8 Å². The molecule has 6 nitrogen and oxygen atoms in total. The normalized spacial score (nSPS) is 14.4. The Morgan fingerprint density at radius 3 is 2.57 bits per heavy atom. The number of alkyl halides is 3. The van der Waals surface area contributed by atoms with Crippen molar-refractivity contribution >= 4 is 39.9 Å². The Labute approximate surface area is 218 Å². The number of anilines is 2. The van der Waals surface area contributed by atoms with Crippen molar-refractivity contribution in [3.05, 3.63) is 48.2 Å².